The zero-order valence-corrected chi connectivity index (χ0v) is 15.5. The molecule has 0 radical (unpaired) electrons. The van der Waals surface area contributed by atoms with Gasteiger partial charge in [-0.05, 0) is 60.7 Å². The smallest absolute Gasteiger partial charge is 0.187 e. The summed E-state index contributed by atoms with van der Waals surface area (Å²) in [7, 11) is 0. The number of hydrogen-bond acceptors (Lipinski definition) is 9. The number of fused-ring (bicyclic) bond motifs is 4. The molecule has 6 heterocycles. The van der Waals surface area contributed by atoms with Crippen molar-refractivity contribution in [2.45, 2.75) is 0 Å². The molecule has 0 amide bonds. The van der Waals surface area contributed by atoms with E-state index >= 15 is 0 Å². The zero-order valence-electron chi connectivity index (χ0n) is 15.5. The van der Waals surface area contributed by atoms with Crippen molar-refractivity contribution in [2.24, 2.45) is 39.9 Å². The number of pyridine rings is 1. The Morgan fingerprint density at radius 3 is 0.677 bits per heavy atom. The van der Waals surface area contributed by atoms with Gasteiger partial charge in [0.2, 0.25) is 0 Å². The number of amidine groups is 8. The maximum absolute atomic E-state index is 4.37. The Balaban J connectivity index is 0.000000288. The Kier molecular flexibility index (Phi) is 6.03. The predicted molar refractivity (Wildman–Crippen MR) is 130 cm³/mol. The highest BCUT2D eigenvalue weighted by Crippen LogP contribution is 2.10. The second-order valence-electron chi connectivity index (χ2n) is 6.12. The van der Waals surface area contributed by atoms with Gasteiger partial charge in [0, 0.05) is 12.4 Å². The van der Waals surface area contributed by atoms with Crippen LogP contribution in [0.2, 0.25) is 0 Å². The maximum Gasteiger partial charge on any atom is 0.187 e. The van der Waals surface area contributed by atoms with Gasteiger partial charge in [-0.2, -0.15) is 0 Å². The third kappa shape index (κ3) is 5.14. The lowest BCUT2D eigenvalue weighted by Crippen LogP contribution is -1.98. The molecule has 148 valence electrons. The number of aliphatic imine (C=N–C) groups is 8. The molecule has 0 atom stereocenters. The first-order valence-corrected chi connectivity index (χ1v) is 9.07. The molecule has 1 aromatic rings. The number of aromatic nitrogens is 1. The van der Waals surface area contributed by atoms with Gasteiger partial charge in [0.15, 0.2) is 64.0 Å². The van der Waals surface area contributed by atoms with Crippen LogP contribution in [-0.4, -0.2) is 69.0 Å². The number of hydrogen-bond donors (Lipinski definition) is 0. The van der Waals surface area contributed by atoms with E-state index in [4.69, 9.17) is 0 Å². The fourth-order valence-corrected chi connectivity index (χ4v) is 2.64. The van der Waals surface area contributed by atoms with E-state index in [1.54, 1.807) is 61.0 Å². The molecule has 9 nitrogen and oxygen atoms in total. The quantitative estimate of drug-likeness (QED) is 0.579. The predicted octanol–water partition coefficient (Wildman–Crippen LogP) is 1.36. The molecule has 1 aromatic heterocycles. The Hall–Kier alpha value is -4.00. The van der Waals surface area contributed by atoms with Crippen molar-refractivity contribution in [3.8, 4) is 0 Å². The van der Waals surface area contributed by atoms with Crippen LogP contribution in [0.4, 0.5) is 0 Å². The van der Waals surface area contributed by atoms with Crippen molar-refractivity contribution in [1.82, 2.24) is 4.98 Å². The van der Waals surface area contributed by atoms with Crippen molar-refractivity contribution >= 4 is 64.0 Å². The van der Waals surface area contributed by atoms with Crippen LogP contribution < -0.4 is 0 Å². The van der Waals surface area contributed by atoms with Gasteiger partial charge in [-0.15, -0.1) is 0 Å². The topological polar surface area (TPSA) is 112 Å². The molecule has 5 aliphatic rings. The van der Waals surface area contributed by atoms with Crippen LogP contribution in [0.3, 0.4) is 0 Å². The minimum absolute atomic E-state index is 0. The van der Waals surface area contributed by atoms with E-state index in [0.717, 1.165) is 0 Å². The molecule has 0 saturated heterocycles. The summed E-state index contributed by atoms with van der Waals surface area (Å²) in [5.74, 6) is 4.30. The van der Waals surface area contributed by atoms with Crippen molar-refractivity contribution < 1.29 is 0 Å². The van der Waals surface area contributed by atoms with Gasteiger partial charge >= 0.3 is 0 Å². The van der Waals surface area contributed by atoms with Crippen molar-refractivity contribution in [3.05, 3.63) is 79.2 Å². The summed E-state index contributed by atoms with van der Waals surface area (Å²) in [6.45, 7) is 0. The lowest BCUT2D eigenvalue weighted by molar-refractivity contribution is 1.33. The molecule has 0 aromatic carbocycles. The third-order valence-electron chi connectivity index (χ3n) is 3.93. The number of nitrogens with zero attached hydrogens (tertiary/aromatic N) is 9. The summed E-state index contributed by atoms with van der Waals surface area (Å²) in [6.07, 6.45) is 17.7. The van der Waals surface area contributed by atoms with Crippen molar-refractivity contribution in [1.29, 1.82) is 0 Å². The maximum atomic E-state index is 4.37. The van der Waals surface area contributed by atoms with E-state index in [0.29, 0.717) is 46.7 Å². The molecule has 10 heteroatoms. The van der Waals surface area contributed by atoms with Crippen LogP contribution in [0, 0.1) is 0 Å². The zero-order chi connectivity index (χ0) is 20.2. The molecule has 0 aliphatic carbocycles. The van der Waals surface area contributed by atoms with Gasteiger partial charge in [-0.25, -0.2) is 39.9 Å². The van der Waals surface area contributed by atoms with Crippen LogP contribution in [0.5, 0.6) is 0 Å². The van der Waals surface area contributed by atoms with E-state index in [9.17, 15) is 0 Å². The van der Waals surface area contributed by atoms with E-state index in [1.165, 1.54) is 0 Å². The molecule has 6 rings (SSSR count). The minimum Gasteiger partial charge on any atom is -0.265 e. The summed E-state index contributed by atoms with van der Waals surface area (Å²) in [6, 6.07) is 5.72. The fourth-order valence-electron chi connectivity index (χ4n) is 2.64. The van der Waals surface area contributed by atoms with Gasteiger partial charge in [-0.3, -0.25) is 4.98 Å². The normalized spacial score (nSPS) is 19.1. The lowest BCUT2D eigenvalue weighted by atomic mass is 10.4. The highest BCUT2D eigenvalue weighted by molar-refractivity contribution is 6.28. The van der Waals surface area contributed by atoms with Gasteiger partial charge in [-0.1, -0.05) is 6.07 Å². The molecule has 31 heavy (non-hydrogen) atoms. The molecule has 8 bridgehead atoms. The van der Waals surface area contributed by atoms with Crippen molar-refractivity contribution in [3.63, 3.8) is 0 Å². The van der Waals surface area contributed by atoms with Crippen LogP contribution >= 0.6 is 0 Å². The first-order chi connectivity index (χ1) is 14.8. The highest BCUT2D eigenvalue weighted by Gasteiger charge is 2.13. The first kappa shape index (κ1) is 20.3. The first-order valence-electron chi connectivity index (χ1n) is 9.07. The Bertz CT molecular complexity index is 1060. The second kappa shape index (κ2) is 9.21. The average Bonchev–Trinajstić information content (AvgIpc) is 3.56. The largest absolute Gasteiger partial charge is 0.265 e. The SMILES string of the molecule is C1=CC2=NC3=NC(=NC4=NC(=NC5=NC(=NC1=N2)C=C5)C=C4)C=C3.[AlH3].c1ccncc1. The Morgan fingerprint density at radius 2 is 0.548 bits per heavy atom. The van der Waals surface area contributed by atoms with Crippen LogP contribution in [0.1, 0.15) is 0 Å². The van der Waals surface area contributed by atoms with E-state index in [2.05, 4.69) is 44.9 Å². The van der Waals surface area contributed by atoms with Crippen LogP contribution in [0.25, 0.3) is 0 Å². The summed E-state index contributed by atoms with van der Waals surface area (Å²) in [4.78, 5) is 38.6. The number of rotatable bonds is 0. The molecular weight excluding hydrogens is 405 g/mol. The van der Waals surface area contributed by atoms with Crippen LogP contribution in [0.15, 0.2) is 119 Å². The molecular formula is C21H16AlN9. The van der Waals surface area contributed by atoms with Gasteiger partial charge in [0.1, 0.15) is 0 Å². The second-order valence-corrected chi connectivity index (χ2v) is 6.12. The molecule has 0 unspecified atom stereocenters. The minimum atomic E-state index is 0. The summed E-state index contributed by atoms with van der Waals surface area (Å²) < 4.78 is 0. The van der Waals surface area contributed by atoms with E-state index in [1.807, 2.05) is 18.2 Å². The summed E-state index contributed by atoms with van der Waals surface area (Å²) in [5.41, 5.74) is 0. The lowest BCUT2D eigenvalue weighted by Gasteiger charge is -1.92. The standard InChI is InChI=1S/C16H8N8.C5H5N.Al.3H/c1-2-10-17-9(1)21-11-3-4-13(18-11)23-15-7-8-16(20-15)24-14-6-5-12(19-14)22-10;1-2-4-6-5-3-1;;;;/h1-8H;1-5H;;;;. The monoisotopic (exact) mass is 421 g/mol. The molecule has 5 aliphatic heterocycles. The average molecular weight is 421 g/mol. The van der Waals surface area contributed by atoms with Gasteiger partial charge in [0.05, 0.1) is 0 Å². The fraction of sp³-hybridized carbons (Fsp3) is 0. The molecule has 0 fully saturated rings. The molecule has 0 saturated carbocycles. The van der Waals surface area contributed by atoms with E-state index < -0.39 is 0 Å². The van der Waals surface area contributed by atoms with E-state index in [-0.39, 0.29) is 17.4 Å². The Labute approximate surface area is 188 Å². The molecule has 0 N–H and O–H groups in total. The van der Waals surface area contributed by atoms with Crippen molar-refractivity contribution in [2.75, 3.05) is 0 Å². The summed E-state index contributed by atoms with van der Waals surface area (Å²) >= 11 is 0. The molecule has 0 spiro atoms. The third-order valence-corrected chi connectivity index (χ3v) is 3.93. The Morgan fingerprint density at radius 1 is 0.323 bits per heavy atom. The summed E-state index contributed by atoms with van der Waals surface area (Å²) in [5, 5.41) is 0. The van der Waals surface area contributed by atoms with Gasteiger partial charge < -0.3 is 0 Å². The van der Waals surface area contributed by atoms with Gasteiger partial charge in [0.25, 0.3) is 0 Å². The highest BCUT2D eigenvalue weighted by atomic mass is 27.0. The van der Waals surface area contributed by atoms with Crippen LogP contribution in [-0.2, 0) is 0 Å².